The smallest absolute Gasteiger partial charge is 0.166 e. The molecule has 1 aromatic rings. The van der Waals surface area contributed by atoms with Gasteiger partial charge in [-0.3, -0.25) is 4.79 Å². The molecule has 0 bridgehead atoms. The first kappa shape index (κ1) is 15.9. The van der Waals surface area contributed by atoms with Gasteiger partial charge in [0.05, 0.1) is 0 Å². The van der Waals surface area contributed by atoms with Crippen molar-refractivity contribution < 1.29 is 9.53 Å². The largest absolute Gasteiger partial charge is 0.369 e. The molecule has 1 atom stereocenters. The normalized spacial score (nSPS) is 12.3. The van der Waals surface area contributed by atoms with E-state index in [-0.39, 0.29) is 5.78 Å². The molecule has 0 saturated heterocycles. The van der Waals surface area contributed by atoms with Crippen LogP contribution >= 0.6 is 0 Å². The second-order valence-corrected chi connectivity index (χ2v) is 5.01. The zero-order chi connectivity index (χ0) is 13.9. The number of Topliss-reactive ketones (excluding diaryl/α,β-unsaturated/α-hetero) is 1. The first-order valence-electron chi connectivity index (χ1n) is 7.40. The van der Waals surface area contributed by atoms with E-state index in [1.807, 2.05) is 30.3 Å². The Morgan fingerprint density at radius 1 is 1.05 bits per heavy atom. The van der Waals surface area contributed by atoms with Crippen LogP contribution in [0, 0.1) is 0 Å². The van der Waals surface area contributed by atoms with Gasteiger partial charge in [-0.05, 0) is 12.0 Å². The Morgan fingerprint density at radius 2 is 1.68 bits per heavy atom. The number of methoxy groups -OCH3 is 1. The number of rotatable bonds is 10. The van der Waals surface area contributed by atoms with E-state index in [1.165, 1.54) is 25.7 Å². The summed E-state index contributed by atoms with van der Waals surface area (Å²) >= 11 is 0. The Labute approximate surface area is 117 Å². The van der Waals surface area contributed by atoms with Crippen LogP contribution in [-0.2, 0) is 9.53 Å². The van der Waals surface area contributed by atoms with Crippen LogP contribution in [0.1, 0.15) is 63.5 Å². The van der Waals surface area contributed by atoms with Crippen molar-refractivity contribution in [3.05, 3.63) is 35.9 Å². The van der Waals surface area contributed by atoms with Gasteiger partial charge in [-0.25, -0.2) is 0 Å². The summed E-state index contributed by atoms with van der Waals surface area (Å²) in [6.45, 7) is 2.21. The van der Waals surface area contributed by atoms with E-state index >= 15 is 0 Å². The number of ether oxygens (including phenoxy) is 1. The van der Waals surface area contributed by atoms with Gasteiger partial charge in [0.15, 0.2) is 5.78 Å². The first-order valence-corrected chi connectivity index (χ1v) is 7.40. The Balaban J connectivity index is 2.31. The lowest BCUT2D eigenvalue weighted by molar-refractivity contribution is -0.129. The first-order chi connectivity index (χ1) is 9.29. The van der Waals surface area contributed by atoms with Crippen LogP contribution in [0.3, 0.4) is 0 Å². The number of ketones is 1. The van der Waals surface area contributed by atoms with Gasteiger partial charge < -0.3 is 4.74 Å². The summed E-state index contributed by atoms with van der Waals surface area (Å²) in [5.41, 5.74) is 0.959. The molecule has 106 valence electrons. The summed E-state index contributed by atoms with van der Waals surface area (Å²) in [4.78, 5) is 12.1. The summed E-state index contributed by atoms with van der Waals surface area (Å²) in [6, 6.07) is 9.74. The van der Waals surface area contributed by atoms with Crippen LogP contribution < -0.4 is 0 Å². The lowest BCUT2D eigenvalue weighted by Crippen LogP contribution is -2.14. The lowest BCUT2D eigenvalue weighted by atomic mass is 10.0. The zero-order valence-electron chi connectivity index (χ0n) is 12.2. The predicted molar refractivity (Wildman–Crippen MR) is 79.2 cm³/mol. The predicted octanol–water partition coefficient (Wildman–Crippen LogP) is 4.69. The lowest BCUT2D eigenvalue weighted by Gasteiger charge is -2.14. The highest BCUT2D eigenvalue weighted by molar-refractivity contribution is 5.84. The Morgan fingerprint density at radius 3 is 2.32 bits per heavy atom. The Bertz CT molecular complexity index is 346. The molecule has 19 heavy (non-hydrogen) atoms. The molecule has 1 rings (SSSR count). The minimum Gasteiger partial charge on any atom is -0.369 e. The Hall–Kier alpha value is -1.15. The van der Waals surface area contributed by atoms with Crippen molar-refractivity contribution in [3.63, 3.8) is 0 Å². The molecular formula is C17H26O2. The second-order valence-electron chi connectivity index (χ2n) is 5.01. The van der Waals surface area contributed by atoms with Crippen molar-refractivity contribution in [2.24, 2.45) is 0 Å². The average molecular weight is 262 g/mol. The van der Waals surface area contributed by atoms with Crippen molar-refractivity contribution in [2.75, 3.05) is 7.11 Å². The molecule has 0 fully saturated rings. The minimum absolute atomic E-state index is 0.198. The van der Waals surface area contributed by atoms with Crippen molar-refractivity contribution in [2.45, 2.75) is 58.0 Å². The number of benzene rings is 1. The van der Waals surface area contributed by atoms with Crippen molar-refractivity contribution in [3.8, 4) is 0 Å². The molecule has 0 aliphatic rings. The Kier molecular flexibility index (Phi) is 8.15. The van der Waals surface area contributed by atoms with Crippen molar-refractivity contribution >= 4 is 5.78 Å². The van der Waals surface area contributed by atoms with Crippen LogP contribution in [0.2, 0.25) is 0 Å². The number of unbranched alkanes of at least 4 members (excludes halogenated alkanes) is 5. The summed E-state index contributed by atoms with van der Waals surface area (Å²) < 4.78 is 5.34. The van der Waals surface area contributed by atoms with Crippen molar-refractivity contribution in [1.82, 2.24) is 0 Å². The van der Waals surface area contributed by atoms with E-state index in [9.17, 15) is 4.79 Å². The van der Waals surface area contributed by atoms with Crippen LogP contribution in [-0.4, -0.2) is 12.9 Å². The summed E-state index contributed by atoms with van der Waals surface area (Å²) in [5, 5.41) is 0. The van der Waals surface area contributed by atoms with Crippen LogP contribution in [0.4, 0.5) is 0 Å². The number of hydrogen-bond donors (Lipinski definition) is 0. The molecule has 0 spiro atoms. The van der Waals surface area contributed by atoms with Gasteiger partial charge in [0, 0.05) is 13.5 Å². The van der Waals surface area contributed by atoms with Crippen LogP contribution in [0.5, 0.6) is 0 Å². The van der Waals surface area contributed by atoms with E-state index in [0.717, 1.165) is 18.4 Å². The third kappa shape index (κ3) is 6.02. The number of carbonyl (C=O) groups is 1. The van der Waals surface area contributed by atoms with Crippen LogP contribution in [0.25, 0.3) is 0 Å². The van der Waals surface area contributed by atoms with Gasteiger partial charge in [0.1, 0.15) is 6.10 Å². The van der Waals surface area contributed by atoms with E-state index in [2.05, 4.69) is 6.92 Å². The fourth-order valence-electron chi connectivity index (χ4n) is 2.29. The highest BCUT2D eigenvalue weighted by atomic mass is 16.5. The molecule has 1 aromatic carbocycles. The van der Waals surface area contributed by atoms with Crippen molar-refractivity contribution in [1.29, 1.82) is 0 Å². The molecule has 1 unspecified atom stereocenters. The van der Waals surface area contributed by atoms with Gasteiger partial charge in [-0.2, -0.15) is 0 Å². The fraction of sp³-hybridized carbons (Fsp3) is 0.588. The third-order valence-electron chi connectivity index (χ3n) is 3.41. The van der Waals surface area contributed by atoms with Gasteiger partial charge in [-0.15, -0.1) is 0 Å². The molecule has 0 heterocycles. The summed E-state index contributed by atoms with van der Waals surface area (Å²) in [7, 11) is 1.61. The van der Waals surface area contributed by atoms with Crippen LogP contribution in [0.15, 0.2) is 30.3 Å². The maximum absolute atomic E-state index is 12.1. The molecular weight excluding hydrogens is 236 g/mol. The highest BCUT2D eigenvalue weighted by Gasteiger charge is 2.18. The molecule has 0 radical (unpaired) electrons. The molecule has 0 aliphatic heterocycles. The monoisotopic (exact) mass is 262 g/mol. The molecule has 0 amide bonds. The second kappa shape index (κ2) is 9.74. The maximum Gasteiger partial charge on any atom is 0.166 e. The molecule has 0 N–H and O–H groups in total. The highest BCUT2D eigenvalue weighted by Crippen LogP contribution is 2.20. The molecule has 2 nitrogen and oxygen atoms in total. The maximum atomic E-state index is 12.1. The number of carbonyl (C=O) groups excluding carboxylic acids is 1. The molecule has 2 heteroatoms. The number of hydrogen-bond acceptors (Lipinski definition) is 2. The molecule has 0 aliphatic carbocycles. The SMILES string of the molecule is CCCCCCCCC(=O)C(OC)c1ccccc1. The standard InChI is InChI=1S/C17H26O2/c1-3-4-5-6-7-11-14-16(18)17(19-2)15-12-9-8-10-13-15/h8-10,12-13,17H,3-7,11,14H2,1-2H3. The fourth-order valence-corrected chi connectivity index (χ4v) is 2.29. The molecule has 0 saturated carbocycles. The van der Waals surface area contributed by atoms with E-state index in [4.69, 9.17) is 4.74 Å². The zero-order valence-corrected chi connectivity index (χ0v) is 12.2. The summed E-state index contributed by atoms with van der Waals surface area (Å²) in [5.74, 6) is 0.198. The van der Waals surface area contributed by atoms with Gasteiger partial charge in [-0.1, -0.05) is 69.4 Å². The third-order valence-corrected chi connectivity index (χ3v) is 3.41. The topological polar surface area (TPSA) is 26.3 Å². The van der Waals surface area contributed by atoms with E-state index < -0.39 is 6.10 Å². The van der Waals surface area contributed by atoms with Gasteiger partial charge in [0.25, 0.3) is 0 Å². The average Bonchev–Trinajstić information content (AvgIpc) is 2.45. The molecule has 0 aromatic heterocycles. The quantitative estimate of drug-likeness (QED) is 0.572. The van der Waals surface area contributed by atoms with Gasteiger partial charge in [0.2, 0.25) is 0 Å². The summed E-state index contributed by atoms with van der Waals surface area (Å²) in [6.07, 6.45) is 7.46. The van der Waals surface area contributed by atoms with E-state index in [0.29, 0.717) is 6.42 Å². The van der Waals surface area contributed by atoms with Gasteiger partial charge >= 0.3 is 0 Å². The van der Waals surface area contributed by atoms with E-state index in [1.54, 1.807) is 7.11 Å². The minimum atomic E-state index is -0.392.